The van der Waals surface area contributed by atoms with Gasteiger partial charge in [0.25, 0.3) is 0 Å². The first-order chi connectivity index (χ1) is 12.4. The van der Waals surface area contributed by atoms with Gasteiger partial charge in [-0.1, -0.05) is 19.9 Å². The average Bonchev–Trinajstić information content (AvgIpc) is 2.63. The first-order valence-corrected chi connectivity index (χ1v) is 10.7. The highest BCUT2D eigenvalue weighted by atomic mass is 16.3. The van der Waals surface area contributed by atoms with Gasteiger partial charge in [0, 0.05) is 23.9 Å². The van der Waals surface area contributed by atoms with Gasteiger partial charge in [-0.15, -0.1) is 0 Å². The second kappa shape index (κ2) is 5.35. The fraction of sp³-hybridized carbons (Fsp3) is 0.864. The van der Waals surface area contributed by atoms with Gasteiger partial charge in [0.2, 0.25) is 5.91 Å². The molecule has 2 unspecified atom stereocenters. The molecule has 7 atom stereocenters. The van der Waals surface area contributed by atoms with E-state index < -0.39 is 0 Å². The second-order valence-corrected chi connectivity index (χ2v) is 10.3. The molecule has 0 radical (unpaired) electrons. The Balaban J connectivity index is 1.62. The van der Waals surface area contributed by atoms with Crippen LogP contribution in [0.2, 0.25) is 0 Å². The number of aliphatic hydroxyl groups excluding tert-OH is 2. The van der Waals surface area contributed by atoms with Gasteiger partial charge in [0.15, 0.2) is 0 Å². The zero-order chi connectivity index (χ0) is 18.3. The molecule has 4 heteroatoms. The molecular formula is C22H33NO3. The van der Waals surface area contributed by atoms with E-state index in [1.807, 2.05) is 4.90 Å². The molecule has 1 heterocycles. The third-order valence-corrected chi connectivity index (χ3v) is 9.62. The van der Waals surface area contributed by atoms with Crippen LogP contribution in [0.15, 0.2) is 12.2 Å². The molecule has 6 aliphatic rings. The second-order valence-electron chi connectivity index (χ2n) is 10.3. The molecule has 4 bridgehead atoms. The molecule has 1 aliphatic heterocycles. The fourth-order valence-electron chi connectivity index (χ4n) is 8.60. The summed E-state index contributed by atoms with van der Waals surface area (Å²) in [5, 5.41) is 20.7. The normalized spacial score (nSPS) is 52.7. The largest absolute Gasteiger partial charge is 0.395 e. The lowest BCUT2D eigenvalue weighted by Crippen LogP contribution is -2.72. The lowest BCUT2D eigenvalue weighted by Gasteiger charge is -2.72. The molecule has 0 aromatic heterocycles. The molecule has 1 saturated heterocycles. The van der Waals surface area contributed by atoms with E-state index in [-0.39, 0.29) is 34.9 Å². The van der Waals surface area contributed by atoms with Gasteiger partial charge >= 0.3 is 0 Å². The van der Waals surface area contributed by atoms with Gasteiger partial charge in [0.05, 0.1) is 12.7 Å². The number of carbonyl (C=O) groups excluding carboxylic acids is 1. The number of hydrogen-bond donors (Lipinski definition) is 2. The summed E-state index contributed by atoms with van der Waals surface area (Å²) in [6, 6.07) is 0. The summed E-state index contributed by atoms with van der Waals surface area (Å²) in [4.78, 5) is 15.3. The van der Waals surface area contributed by atoms with Gasteiger partial charge in [0.1, 0.15) is 0 Å². The summed E-state index contributed by atoms with van der Waals surface area (Å²) < 4.78 is 0. The zero-order valence-corrected chi connectivity index (χ0v) is 16.0. The summed E-state index contributed by atoms with van der Waals surface area (Å²) in [6.07, 6.45) is 8.53. The van der Waals surface area contributed by atoms with Crippen molar-refractivity contribution in [1.29, 1.82) is 0 Å². The van der Waals surface area contributed by atoms with Crippen LogP contribution in [-0.2, 0) is 4.79 Å². The van der Waals surface area contributed by atoms with E-state index in [2.05, 4.69) is 13.5 Å². The Hall–Kier alpha value is -0.870. The number of fused-ring (bicyclic) bond motifs is 2. The number of hydrogen-bond acceptors (Lipinski definition) is 3. The maximum atomic E-state index is 13.3. The van der Waals surface area contributed by atoms with Crippen LogP contribution < -0.4 is 0 Å². The monoisotopic (exact) mass is 359 g/mol. The van der Waals surface area contributed by atoms with Crippen LogP contribution in [0.3, 0.4) is 0 Å². The lowest BCUT2D eigenvalue weighted by molar-refractivity contribution is -0.237. The summed E-state index contributed by atoms with van der Waals surface area (Å²) in [5.74, 6) is 1.68. The molecule has 144 valence electrons. The number of aliphatic hydroxyl groups is 2. The Labute approximate surface area is 156 Å². The van der Waals surface area contributed by atoms with E-state index in [1.54, 1.807) is 0 Å². The Morgan fingerprint density at radius 2 is 1.92 bits per heavy atom. The summed E-state index contributed by atoms with van der Waals surface area (Å²) in [7, 11) is 0. The van der Waals surface area contributed by atoms with E-state index in [9.17, 15) is 15.0 Å². The predicted octanol–water partition coefficient (Wildman–Crippen LogP) is 2.74. The molecule has 5 saturated carbocycles. The average molecular weight is 360 g/mol. The number of amides is 1. The van der Waals surface area contributed by atoms with Crippen LogP contribution in [0.25, 0.3) is 0 Å². The van der Waals surface area contributed by atoms with Crippen molar-refractivity contribution in [3.05, 3.63) is 12.2 Å². The topological polar surface area (TPSA) is 60.8 Å². The summed E-state index contributed by atoms with van der Waals surface area (Å²) in [6.45, 7) is 7.77. The first kappa shape index (κ1) is 17.2. The van der Waals surface area contributed by atoms with Crippen LogP contribution in [0, 0.1) is 34.0 Å². The third-order valence-electron chi connectivity index (χ3n) is 9.62. The SMILES string of the molecule is C=C1[C@H]2CCC3(CC[C@H]4C5(CCC[C@@]4(C)C(=O)N(CCO)C5)[C@@H]3C2)[C@@H]1O. The van der Waals surface area contributed by atoms with Crippen molar-refractivity contribution in [2.24, 2.45) is 34.0 Å². The molecule has 6 fully saturated rings. The molecule has 0 aromatic rings. The molecule has 4 nitrogen and oxygen atoms in total. The highest BCUT2D eigenvalue weighted by Crippen LogP contribution is 2.73. The molecule has 6 rings (SSSR count). The quantitative estimate of drug-likeness (QED) is 0.745. The highest BCUT2D eigenvalue weighted by Gasteiger charge is 2.71. The van der Waals surface area contributed by atoms with Crippen molar-refractivity contribution in [2.75, 3.05) is 19.7 Å². The smallest absolute Gasteiger partial charge is 0.228 e. The Morgan fingerprint density at radius 1 is 1.15 bits per heavy atom. The summed E-state index contributed by atoms with van der Waals surface area (Å²) >= 11 is 0. The first-order valence-electron chi connectivity index (χ1n) is 10.7. The Kier molecular flexibility index (Phi) is 3.55. The van der Waals surface area contributed by atoms with Crippen molar-refractivity contribution in [3.63, 3.8) is 0 Å². The standard InChI is InChI=1S/C22H33NO3/c1-14-15-4-8-21(18(14)25)9-5-16-20(2)6-3-7-22(16,17(21)12-15)13-23(10-11-24)19(20)26/h15-18,24-25H,1,3-13H2,2H3/t15-,16+,17+,18+,20+,21?,22?/m0/s1. The number of rotatable bonds is 2. The fourth-order valence-corrected chi connectivity index (χ4v) is 8.60. The van der Waals surface area contributed by atoms with Crippen LogP contribution >= 0.6 is 0 Å². The Bertz CT molecular complexity index is 662. The van der Waals surface area contributed by atoms with Crippen molar-refractivity contribution in [2.45, 2.75) is 64.4 Å². The van der Waals surface area contributed by atoms with Gasteiger partial charge < -0.3 is 15.1 Å². The van der Waals surface area contributed by atoms with E-state index in [1.165, 1.54) is 12.8 Å². The number of likely N-dealkylation sites (tertiary alicyclic amines) is 1. The van der Waals surface area contributed by atoms with Gasteiger partial charge in [-0.05, 0) is 73.7 Å². The molecule has 0 aromatic carbocycles. The van der Waals surface area contributed by atoms with Crippen LogP contribution in [-0.4, -0.2) is 46.8 Å². The number of β-amino-alcohol motifs (C(OH)–C–C–N with tert-alkyl or cyclic N) is 1. The number of nitrogens with zero attached hydrogens (tertiary/aromatic N) is 1. The van der Waals surface area contributed by atoms with E-state index in [0.29, 0.717) is 24.3 Å². The van der Waals surface area contributed by atoms with Crippen LogP contribution in [0.1, 0.15) is 58.3 Å². The number of carbonyl (C=O) groups is 1. The maximum Gasteiger partial charge on any atom is 0.228 e. The highest BCUT2D eigenvalue weighted by molar-refractivity contribution is 5.84. The molecule has 1 spiro atoms. The van der Waals surface area contributed by atoms with Crippen LogP contribution in [0.5, 0.6) is 0 Å². The predicted molar refractivity (Wildman–Crippen MR) is 99.2 cm³/mol. The number of piperidine rings is 1. The van der Waals surface area contributed by atoms with Crippen LogP contribution in [0.4, 0.5) is 0 Å². The van der Waals surface area contributed by atoms with E-state index in [4.69, 9.17) is 0 Å². The molecule has 1 amide bonds. The minimum atomic E-state index is -0.354. The Morgan fingerprint density at radius 3 is 2.69 bits per heavy atom. The molecule has 5 aliphatic carbocycles. The van der Waals surface area contributed by atoms with Gasteiger partial charge in [-0.25, -0.2) is 0 Å². The molecule has 2 N–H and O–H groups in total. The zero-order valence-electron chi connectivity index (χ0n) is 16.0. The van der Waals surface area contributed by atoms with E-state index >= 15 is 0 Å². The molecule has 26 heavy (non-hydrogen) atoms. The summed E-state index contributed by atoms with van der Waals surface area (Å²) in [5.41, 5.74) is 0.937. The van der Waals surface area contributed by atoms with Crippen molar-refractivity contribution >= 4 is 5.91 Å². The molecular weight excluding hydrogens is 326 g/mol. The van der Waals surface area contributed by atoms with Crippen molar-refractivity contribution in [1.82, 2.24) is 4.90 Å². The minimum absolute atomic E-state index is 0.00808. The lowest BCUT2D eigenvalue weighted by atomic mass is 9.35. The van der Waals surface area contributed by atoms with Crippen molar-refractivity contribution < 1.29 is 15.0 Å². The maximum absolute atomic E-state index is 13.3. The minimum Gasteiger partial charge on any atom is -0.395 e. The van der Waals surface area contributed by atoms with Gasteiger partial charge in [-0.3, -0.25) is 4.79 Å². The van der Waals surface area contributed by atoms with E-state index in [0.717, 1.165) is 50.6 Å². The third kappa shape index (κ3) is 1.81. The van der Waals surface area contributed by atoms with Gasteiger partial charge in [-0.2, -0.15) is 0 Å². The van der Waals surface area contributed by atoms with Crippen molar-refractivity contribution in [3.8, 4) is 0 Å².